The fourth-order valence-corrected chi connectivity index (χ4v) is 5.35. The van der Waals surface area contributed by atoms with Crippen molar-refractivity contribution < 1.29 is 32.4 Å². The molecule has 41 heavy (non-hydrogen) atoms. The van der Waals surface area contributed by atoms with Gasteiger partial charge in [0, 0.05) is 37.4 Å². The lowest BCUT2D eigenvalue weighted by Gasteiger charge is -2.33. The lowest BCUT2D eigenvalue weighted by molar-refractivity contribution is 0.0525. The minimum atomic E-state index is -4.12. The third-order valence-corrected chi connectivity index (χ3v) is 8.30. The highest BCUT2D eigenvalue weighted by Crippen LogP contribution is 2.29. The standard InChI is InChI=1S/C24H33Cl2N7O7S/c1-13-17(25)18(26)19(28-13)21(35)29-14-6-9-33(10-7-14)16-12-15(20(34)32-39-5)30-22(31-16)41(37,38)11-8-27-23(36)40-24(2,3)4/h12,14,28H,6-11H2,1-5H3,(H,27,36)(H,29,35)(H,32,34). The van der Waals surface area contributed by atoms with Crippen molar-refractivity contribution in [3.8, 4) is 0 Å². The molecule has 2 aromatic rings. The summed E-state index contributed by atoms with van der Waals surface area (Å²) in [4.78, 5) is 54.6. The third kappa shape index (κ3) is 8.67. The second kappa shape index (κ2) is 13.2. The van der Waals surface area contributed by atoms with E-state index in [4.69, 9.17) is 27.9 Å². The molecule has 0 aromatic carbocycles. The van der Waals surface area contributed by atoms with Gasteiger partial charge < -0.3 is 25.3 Å². The Hall–Kier alpha value is -3.14. The number of carbonyl (C=O) groups is 3. The Bertz CT molecular complexity index is 1400. The number of aromatic amines is 1. The van der Waals surface area contributed by atoms with Gasteiger partial charge >= 0.3 is 6.09 Å². The van der Waals surface area contributed by atoms with Crippen LogP contribution >= 0.6 is 23.2 Å². The number of hydrogen-bond donors (Lipinski definition) is 4. The number of hydrogen-bond acceptors (Lipinski definition) is 10. The molecular formula is C24H33Cl2N7O7S. The summed E-state index contributed by atoms with van der Waals surface area (Å²) >= 11 is 12.2. The number of nitrogens with zero attached hydrogens (tertiary/aromatic N) is 3. The Labute approximate surface area is 247 Å². The molecule has 1 aliphatic rings. The Kier molecular flexibility index (Phi) is 10.4. The number of H-pyrrole nitrogens is 1. The summed E-state index contributed by atoms with van der Waals surface area (Å²) in [5.41, 5.74) is 1.91. The summed E-state index contributed by atoms with van der Waals surface area (Å²) in [6.45, 7) is 7.28. The smallest absolute Gasteiger partial charge is 0.407 e. The molecule has 226 valence electrons. The van der Waals surface area contributed by atoms with Crippen LogP contribution in [0.1, 0.15) is 60.3 Å². The van der Waals surface area contributed by atoms with Crippen LogP contribution in [0.25, 0.3) is 0 Å². The van der Waals surface area contributed by atoms with E-state index in [9.17, 15) is 22.8 Å². The first-order chi connectivity index (χ1) is 19.1. The van der Waals surface area contributed by atoms with Crippen molar-refractivity contribution in [3.63, 3.8) is 0 Å². The van der Waals surface area contributed by atoms with Crippen LogP contribution in [0, 0.1) is 6.92 Å². The minimum Gasteiger partial charge on any atom is -0.444 e. The van der Waals surface area contributed by atoms with E-state index in [1.54, 1.807) is 32.6 Å². The topological polar surface area (TPSA) is 185 Å². The second-order valence-corrected chi connectivity index (χ2v) is 13.0. The number of halogens is 2. The first-order valence-corrected chi connectivity index (χ1v) is 15.0. The molecule has 4 N–H and O–H groups in total. The van der Waals surface area contributed by atoms with Crippen LogP contribution in [0.5, 0.6) is 0 Å². The second-order valence-electron chi connectivity index (χ2n) is 10.3. The van der Waals surface area contributed by atoms with Crippen LogP contribution in [-0.2, 0) is 19.4 Å². The summed E-state index contributed by atoms with van der Waals surface area (Å²) in [6.07, 6.45) is 0.235. The molecule has 1 saturated heterocycles. The van der Waals surface area contributed by atoms with Gasteiger partial charge in [0.25, 0.3) is 11.8 Å². The monoisotopic (exact) mass is 633 g/mol. The number of aryl methyl sites for hydroxylation is 1. The zero-order chi connectivity index (χ0) is 30.5. The number of piperidine rings is 1. The van der Waals surface area contributed by atoms with Crippen LogP contribution in [0.2, 0.25) is 10.0 Å². The quantitative estimate of drug-likeness (QED) is 0.236. The van der Waals surface area contributed by atoms with Gasteiger partial charge in [0.15, 0.2) is 0 Å². The molecule has 1 aliphatic heterocycles. The van der Waals surface area contributed by atoms with Crippen molar-refractivity contribution in [1.82, 2.24) is 31.1 Å². The van der Waals surface area contributed by atoms with Gasteiger partial charge in [0.2, 0.25) is 15.0 Å². The number of nitrogens with one attached hydrogen (secondary N) is 4. The third-order valence-electron chi connectivity index (χ3n) is 5.87. The van der Waals surface area contributed by atoms with Gasteiger partial charge in [-0.1, -0.05) is 23.2 Å². The molecule has 17 heteroatoms. The van der Waals surface area contributed by atoms with Crippen molar-refractivity contribution in [3.05, 3.63) is 33.2 Å². The highest BCUT2D eigenvalue weighted by molar-refractivity contribution is 7.91. The molecule has 0 spiro atoms. The number of rotatable bonds is 9. The number of aromatic nitrogens is 3. The summed E-state index contributed by atoms with van der Waals surface area (Å²) in [7, 11) is -2.89. The van der Waals surface area contributed by atoms with Crippen molar-refractivity contribution in [2.75, 3.05) is 37.4 Å². The van der Waals surface area contributed by atoms with Crippen LogP contribution < -0.4 is 21.0 Å². The van der Waals surface area contributed by atoms with Crippen LogP contribution in [0.3, 0.4) is 0 Å². The maximum Gasteiger partial charge on any atom is 0.407 e. The SMILES string of the molecule is CONC(=O)c1cc(N2CCC(NC(=O)c3[nH]c(C)c(Cl)c3Cl)CC2)nc(S(=O)(=O)CCNC(=O)OC(C)(C)C)n1. The molecular weight excluding hydrogens is 601 g/mol. The summed E-state index contributed by atoms with van der Waals surface area (Å²) in [5.74, 6) is -1.48. The predicted molar refractivity (Wildman–Crippen MR) is 151 cm³/mol. The molecule has 0 bridgehead atoms. The Morgan fingerprint density at radius 2 is 1.78 bits per heavy atom. The van der Waals surface area contributed by atoms with Gasteiger partial charge in [-0.05, 0) is 40.5 Å². The van der Waals surface area contributed by atoms with Crippen molar-refractivity contribution in [2.45, 2.75) is 57.3 Å². The average Bonchev–Trinajstić information content (AvgIpc) is 3.15. The Balaban J connectivity index is 1.72. The van der Waals surface area contributed by atoms with Gasteiger partial charge in [0.1, 0.15) is 22.8 Å². The van der Waals surface area contributed by atoms with E-state index in [1.165, 1.54) is 13.2 Å². The van der Waals surface area contributed by atoms with Crippen molar-refractivity contribution >= 4 is 56.8 Å². The van der Waals surface area contributed by atoms with Crippen molar-refractivity contribution in [1.29, 1.82) is 0 Å². The fraction of sp³-hybridized carbons (Fsp3) is 0.542. The maximum atomic E-state index is 13.1. The predicted octanol–water partition coefficient (Wildman–Crippen LogP) is 2.41. The number of carbonyl (C=O) groups excluding carboxylic acids is 3. The molecule has 2 aromatic heterocycles. The first kappa shape index (κ1) is 32.4. The maximum absolute atomic E-state index is 13.1. The molecule has 0 atom stereocenters. The largest absolute Gasteiger partial charge is 0.444 e. The zero-order valence-corrected chi connectivity index (χ0v) is 25.6. The molecule has 1 fully saturated rings. The molecule has 3 heterocycles. The number of hydroxylamine groups is 1. The van der Waals surface area contributed by atoms with E-state index >= 15 is 0 Å². The van der Waals surface area contributed by atoms with Gasteiger partial charge in [-0.15, -0.1) is 0 Å². The molecule has 3 rings (SSSR count). The Morgan fingerprint density at radius 3 is 2.34 bits per heavy atom. The zero-order valence-electron chi connectivity index (χ0n) is 23.3. The van der Waals surface area contributed by atoms with E-state index in [2.05, 4.69) is 35.9 Å². The lowest BCUT2D eigenvalue weighted by Crippen LogP contribution is -2.45. The van der Waals surface area contributed by atoms with Gasteiger partial charge in [-0.3, -0.25) is 14.4 Å². The van der Waals surface area contributed by atoms with E-state index < -0.39 is 44.3 Å². The number of sulfone groups is 1. The summed E-state index contributed by atoms with van der Waals surface area (Å²) < 4.78 is 31.2. The van der Waals surface area contributed by atoms with Crippen LogP contribution in [-0.4, -0.2) is 85.4 Å². The summed E-state index contributed by atoms with van der Waals surface area (Å²) in [5, 5.41) is 5.17. The van der Waals surface area contributed by atoms with E-state index in [1.807, 2.05) is 0 Å². The average molecular weight is 635 g/mol. The van der Waals surface area contributed by atoms with E-state index in [0.717, 1.165) is 0 Å². The van der Waals surface area contributed by atoms with Gasteiger partial charge in [-0.2, -0.15) is 0 Å². The molecule has 0 radical (unpaired) electrons. The minimum absolute atomic E-state index is 0.150. The highest BCUT2D eigenvalue weighted by Gasteiger charge is 2.28. The van der Waals surface area contributed by atoms with E-state index in [-0.39, 0.29) is 39.8 Å². The number of ether oxygens (including phenoxy) is 1. The van der Waals surface area contributed by atoms with Gasteiger partial charge in [0.05, 0.1) is 22.9 Å². The van der Waals surface area contributed by atoms with Crippen molar-refractivity contribution in [2.24, 2.45) is 0 Å². The number of anilines is 1. The van der Waals surface area contributed by atoms with Crippen LogP contribution in [0.15, 0.2) is 11.2 Å². The first-order valence-electron chi connectivity index (χ1n) is 12.6. The number of amides is 3. The van der Waals surface area contributed by atoms with Crippen LogP contribution in [0.4, 0.5) is 10.6 Å². The van der Waals surface area contributed by atoms with E-state index in [0.29, 0.717) is 31.6 Å². The summed E-state index contributed by atoms with van der Waals surface area (Å²) in [6, 6.07) is 1.16. The molecule has 14 nitrogen and oxygen atoms in total. The Morgan fingerprint density at radius 1 is 1.12 bits per heavy atom. The number of alkyl carbamates (subject to hydrolysis) is 1. The highest BCUT2D eigenvalue weighted by atomic mass is 35.5. The molecule has 0 saturated carbocycles. The molecule has 0 aliphatic carbocycles. The normalized spacial score (nSPS) is 14.5. The molecule has 3 amide bonds. The van der Waals surface area contributed by atoms with Gasteiger partial charge in [-0.25, -0.2) is 28.7 Å². The molecule has 0 unspecified atom stereocenters. The lowest BCUT2D eigenvalue weighted by atomic mass is 10.0. The fourth-order valence-electron chi connectivity index (χ4n) is 3.91.